The van der Waals surface area contributed by atoms with Crippen LogP contribution in [-0.2, 0) is 0 Å². The molecule has 2 heteroatoms. The van der Waals surface area contributed by atoms with E-state index in [0.717, 1.165) is 25.0 Å². The Bertz CT molecular complexity index is 101. The van der Waals surface area contributed by atoms with E-state index in [1.54, 1.807) is 0 Å². The number of rotatable bonds is 1. The molecule has 10 heavy (non-hydrogen) atoms. The van der Waals surface area contributed by atoms with E-state index in [1.165, 1.54) is 6.54 Å². The van der Waals surface area contributed by atoms with E-state index in [-0.39, 0.29) is 0 Å². The van der Waals surface area contributed by atoms with E-state index in [2.05, 4.69) is 31.1 Å². The first-order chi connectivity index (χ1) is 4.72. The highest BCUT2D eigenvalue weighted by Gasteiger charge is 2.20. The highest BCUT2D eigenvalue weighted by molar-refractivity contribution is 4.79. The molecule has 0 aromatic rings. The quantitative estimate of drug-likeness (QED) is 0.575. The second kappa shape index (κ2) is 3.35. The maximum atomic E-state index is 3.40. The lowest BCUT2D eigenvalue weighted by Crippen LogP contribution is -2.51. The summed E-state index contributed by atoms with van der Waals surface area (Å²) < 4.78 is 0. The van der Waals surface area contributed by atoms with Gasteiger partial charge in [0.15, 0.2) is 0 Å². The van der Waals surface area contributed by atoms with Gasteiger partial charge in [-0.1, -0.05) is 13.8 Å². The van der Waals surface area contributed by atoms with Gasteiger partial charge in [-0.25, -0.2) is 0 Å². The summed E-state index contributed by atoms with van der Waals surface area (Å²) in [7, 11) is 2.21. The maximum absolute atomic E-state index is 3.40. The van der Waals surface area contributed by atoms with E-state index in [0.29, 0.717) is 0 Å². The lowest BCUT2D eigenvalue weighted by atomic mass is 10.0. The summed E-state index contributed by atoms with van der Waals surface area (Å²) >= 11 is 0. The summed E-state index contributed by atoms with van der Waals surface area (Å²) in [6.07, 6.45) is 0. The second-order valence-electron chi connectivity index (χ2n) is 3.50. The standard InChI is InChI=1S/C8H18N2/c1-7(2)8-6-9-4-5-10(8)3/h7-9H,4-6H2,1-3H3/t8-/m1/s1. The SMILES string of the molecule is CC(C)[C@H]1CNCCN1C. The first-order valence-corrected chi connectivity index (χ1v) is 4.13. The van der Waals surface area contributed by atoms with Crippen molar-refractivity contribution < 1.29 is 0 Å². The van der Waals surface area contributed by atoms with E-state index in [9.17, 15) is 0 Å². The first-order valence-electron chi connectivity index (χ1n) is 4.13. The molecular weight excluding hydrogens is 124 g/mol. The highest BCUT2D eigenvalue weighted by atomic mass is 15.2. The van der Waals surface area contributed by atoms with Crippen LogP contribution in [0.3, 0.4) is 0 Å². The minimum Gasteiger partial charge on any atom is -0.314 e. The predicted molar refractivity (Wildman–Crippen MR) is 44.1 cm³/mol. The number of nitrogens with one attached hydrogen (secondary N) is 1. The van der Waals surface area contributed by atoms with Crippen molar-refractivity contribution >= 4 is 0 Å². The molecule has 1 aliphatic rings. The van der Waals surface area contributed by atoms with Crippen LogP contribution in [-0.4, -0.2) is 37.6 Å². The Hall–Kier alpha value is -0.0800. The fourth-order valence-corrected chi connectivity index (χ4v) is 1.57. The van der Waals surface area contributed by atoms with Gasteiger partial charge in [0.1, 0.15) is 0 Å². The largest absolute Gasteiger partial charge is 0.314 e. The van der Waals surface area contributed by atoms with Crippen molar-refractivity contribution in [2.24, 2.45) is 5.92 Å². The minimum absolute atomic E-state index is 0.744. The molecule has 1 saturated heterocycles. The molecule has 1 rings (SSSR count). The van der Waals surface area contributed by atoms with Crippen LogP contribution in [0.25, 0.3) is 0 Å². The molecule has 60 valence electrons. The average molecular weight is 142 g/mol. The lowest BCUT2D eigenvalue weighted by molar-refractivity contribution is 0.157. The van der Waals surface area contributed by atoms with Gasteiger partial charge in [-0.2, -0.15) is 0 Å². The van der Waals surface area contributed by atoms with Gasteiger partial charge < -0.3 is 10.2 Å². The van der Waals surface area contributed by atoms with E-state index >= 15 is 0 Å². The van der Waals surface area contributed by atoms with Crippen LogP contribution >= 0.6 is 0 Å². The highest BCUT2D eigenvalue weighted by Crippen LogP contribution is 2.09. The predicted octanol–water partition coefficient (Wildman–Crippen LogP) is 0.546. The van der Waals surface area contributed by atoms with E-state index in [4.69, 9.17) is 0 Å². The van der Waals surface area contributed by atoms with Gasteiger partial charge in [0.25, 0.3) is 0 Å². The van der Waals surface area contributed by atoms with Crippen LogP contribution in [0.5, 0.6) is 0 Å². The maximum Gasteiger partial charge on any atom is 0.0241 e. The van der Waals surface area contributed by atoms with E-state index < -0.39 is 0 Å². The zero-order valence-corrected chi connectivity index (χ0v) is 7.22. The van der Waals surface area contributed by atoms with Gasteiger partial charge in [-0.3, -0.25) is 0 Å². The van der Waals surface area contributed by atoms with Crippen LogP contribution in [0, 0.1) is 5.92 Å². The average Bonchev–Trinajstić information content (AvgIpc) is 1.88. The Morgan fingerprint density at radius 3 is 2.60 bits per heavy atom. The molecule has 0 saturated carbocycles. The molecule has 1 N–H and O–H groups in total. The fourth-order valence-electron chi connectivity index (χ4n) is 1.57. The van der Waals surface area contributed by atoms with Crippen LogP contribution in [0.2, 0.25) is 0 Å². The van der Waals surface area contributed by atoms with Crippen molar-refractivity contribution in [2.75, 3.05) is 26.7 Å². The summed E-state index contributed by atoms with van der Waals surface area (Å²) in [4.78, 5) is 2.45. The topological polar surface area (TPSA) is 15.3 Å². The Kier molecular flexibility index (Phi) is 2.69. The van der Waals surface area contributed by atoms with Crippen LogP contribution in [0.4, 0.5) is 0 Å². The summed E-state index contributed by atoms with van der Waals surface area (Å²) in [6.45, 7) is 8.08. The number of piperazine rings is 1. The molecule has 1 heterocycles. The lowest BCUT2D eigenvalue weighted by Gasteiger charge is -2.35. The first kappa shape index (κ1) is 8.02. The molecule has 1 fully saturated rings. The molecule has 0 unspecified atom stereocenters. The normalized spacial score (nSPS) is 29.4. The molecule has 1 aliphatic heterocycles. The zero-order chi connectivity index (χ0) is 7.56. The second-order valence-corrected chi connectivity index (χ2v) is 3.50. The molecule has 0 radical (unpaired) electrons. The zero-order valence-electron chi connectivity index (χ0n) is 7.22. The van der Waals surface area contributed by atoms with Crippen LogP contribution in [0.15, 0.2) is 0 Å². The van der Waals surface area contributed by atoms with Crippen molar-refractivity contribution in [3.63, 3.8) is 0 Å². The summed E-state index contributed by atoms with van der Waals surface area (Å²) in [5.74, 6) is 0.776. The third kappa shape index (κ3) is 1.70. The molecule has 0 aromatic carbocycles. The summed E-state index contributed by atoms with van der Waals surface area (Å²) in [5, 5.41) is 3.40. The van der Waals surface area contributed by atoms with Crippen LogP contribution in [0.1, 0.15) is 13.8 Å². The molecular formula is C8H18N2. The van der Waals surface area contributed by atoms with Gasteiger partial charge in [0.2, 0.25) is 0 Å². The molecule has 0 amide bonds. The van der Waals surface area contributed by atoms with Crippen molar-refractivity contribution in [3.8, 4) is 0 Å². The minimum atomic E-state index is 0.744. The Morgan fingerprint density at radius 2 is 2.20 bits per heavy atom. The molecule has 0 aliphatic carbocycles. The number of nitrogens with zero attached hydrogens (tertiary/aromatic N) is 1. The molecule has 0 aromatic heterocycles. The summed E-state index contributed by atoms with van der Waals surface area (Å²) in [5.41, 5.74) is 0. The van der Waals surface area contributed by atoms with Crippen molar-refractivity contribution in [1.82, 2.24) is 10.2 Å². The van der Waals surface area contributed by atoms with Gasteiger partial charge in [-0.05, 0) is 13.0 Å². The Balaban J connectivity index is 2.40. The third-order valence-electron chi connectivity index (χ3n) is 2.33. The Labute approximate surface area is 63.6 Å². The molecule has 1 atom stereocenters. The smallest absolute Gasteiger partial charge is 0.0241 e. The molecule has 0 bridgehead atoms. The van der Waals surface area contributed by atoms with Gasteiger partial charge in [-0.15, -0.1) is 0 Å². The van der Waals surface area contributed by atoms with Gasteiger partial charge >= 0.3 is 0 Å². The molecule has 2 nitrogen and oxygen atoms in total. The third-order valence-corrected chi connectivity index (χ3v) is 2.33. The monoisotopic (exact) mass is 142 g/mol. The number of hydrogen-bond acceptors (Lipinski definition) is 2. The summed E-state index contributed by atoms with van der Waals surface area (Å²) in [6, 6.07) is 0.744. The number of likely N-dealkylation sites (N-methyl/N-ethyl adjacent to an activating group) is 1. The van der Waals surface area contributed by atoms with Crippen LogP contribution < -0.4 is 5.32 Å². The van der Waals surface area contributed by atoms with Crippen molar-refractivity contribution in [2.45, 2.75) is 19.9 Å². The fraction of sp³-hybridized carbons (Fsp3) is 1.00. The van der Waals surface area contributed by atoms with E-state index in [1.807, 2.05) is 0 Å². The van der Waals surface area contributed by atoms with Gasteiger partial charge in [0.05, 0.1) is 0 Å². The van der Waals surface area contributed by atoms with Crippen molar-refractivity contribution in [1.29, 1.82) is 0 Å². The van der Waals surface area contributed by atoms with Gasteiger partial charge in [0, 0.05) is 25.7 Å². The van der Waals surface area contributed by atoms with Crippen molar-refractivity contribution in [3.05, 3.63) is 0 Å². The Morgan fingerprint density at radius 1 is 1.50 bits per heavy atom. The molecule has 0 spiro atoms. The number of hydrogen-bond donors (Lipinski definition) is 1.